The van der Waals surface area contributed by atoms with E-state index in [1.54, 1.807) is 47.4 Å². The first-order valence-corrected chi connectivity index (χ1v) is 11.7. The summed E-state index contributed by atoms with van der Waals surface area (Å²) in [7, 11) is 0. The predicted molar refractivity (Wildman–Crippen MR) is 124 cm³/mol. The summed E-state index contributed by atoms with van der Waals surface area (Å²) in [6, 6.07) is 11.4. The highest BCUT2D eigenvalue weighted by Crippen LogP contribution is 2.45. The lowest BCUT2D eigenvalue weighted by Gasteiger charge is -2.34. The third-order valence-electron chi connectivity index (χ3n) is 6.45. The van der Waals surface area contributed by atoms with Gasteiger partial charge in [0.2, 0.25) is 0 Å². The molecule has 2 aliphatic heterocycles. The number of anilines is 1. The van der Waals surface area contributed by atoms with Gasteiger partial charge in [-0.05, 0) is 42.2 Å². The van der Waals surface area contributed by atoms with Gasteiger partial charge in [0.15, 0.2) is 6.04 Å². The molecule has 1 fully saturated rings. The van der Waals surface area contributed by atoms with Crippen LogP contribution in [0.5, 0.6) is 0 Å². The Balaban J connectivity index is 1.51. The Hall–Kier alpha value is -2.71. The van der Waals surface area contributed by atoms with Gasteiger partial charge in [-0.3, -0.25) is 4.79 Å². The van der Waals surface area contributed by atoms with Crippen molar-refractivity contribution in [3.8, 4) is 0 Å². The number of fused-ring (bicyclic) bond motifs is 1. The van der Waals surface area contributed by atoms with Gasteiger partial charge in [0.05, 0.1) is 18.3 Å². The van der Waals surface area contributed by atoms with E-state index < -0.39 is 18.3 Å². The molecule has 3 aromatic rings. The van der Waals surface area contributed by atoms with E-state index in [2.05, 4.69) is 10.4 Å². The fourth-order valence-electron chi connectivity index (χ4n) is 4.90. The number of likely N-dealkylation sites (tertiary alicyclic amines) is 1. The molecule has 10 heteroatoms. The van der Waals surface area contributed by atoms with Crippen molar-refractivity contribution in [2.75, 3.05) is 11.9 Å². The first-order valence-electron chi connectivity index (χ1n) is 10.9. The third-order valence-corrected chi connectivity index (χ3v) is 6.89. The molecule has 5 rings (SSSR count). The third kappa shape index (κ3) is 4.25. The van der Waals surface area contributed by atoms with Gasteiger partial charge in [-0.2, -0.15) is 18.3 Å². The minimum atomic E-state index is -4.51. The minimum Gasteiger partial charge on any atom is -0.363 e. The van der Waals surface area contributed by atoms with Crippen LogP contribution in [0, 0.1) is 0 Å². The fraction of sp³-hybridized carbons (Fsp3) is 0.333. The largest absolute Gasteiger partial charge is 0.410 e. The maximum atomic E-state index is 14.0. The van der Waals surface area contributed by atoms with E-state index in [1.807, 2.05) is 6.07 Å². The molecule has 0 spiro atoms. The van der Waals surface area contributed by atoms with Crippen LogP contribution in [0.3, 0.4) is 0 Å². The highest BCUT2D eigenvalue weighted by Gasteiger charge is 2.47. The lowest BCUT2D eigenvalue weighted by atomic mass is 9.96. The van der Waals surface area contributed by atoms with Gasteiger partial charge in [0.1, 0.15) is 11.4 Å². The quantitative estimate of drug-likeness (QED) is 0.421. The van der Waals surface area contributed by atoms with Crippen molar-refractivity contribution >= 4 is 34.9 Å². The van der Waals surface area contributed by atoms with Crippen LogP contribution in [0.15, 0.2) is 54.7 Å². The minimum absolute atomic E-state index is 0.0854. The molecule has 1 amide bonds. The van der Waals surface area contributed by atoms with Crippen molar-refractivity contribution < 1.29 is 18.0 Å². The van der Waals surface area contributed by atoms with Crippen LogP contribution in [0.2, 0.25) is 10.0 Å². The number of aromatic nitrogens is 2. The molecular formula is C24H21Cl2F3N4O. The molecule has 1 saturated heterocycles. The van der Waals surface area contributed by atoms with E-state index in [0.29, 0.717) is 23.0 Å². The zero-order chi connectivity index (χ0) is 24.0. The molecule has 0 saturated carbocycles. The lowest BCUT2D eigenvalue weighted by Crippen LogP contribution is -2.37. The Morgan fingerprint density at radius 2 is 1.76 bits per heavy atom. The monoisotopic (exact) mass is 508 g/mol. The summed E-state index contributed by atoms with van der Waals surface area (Å²) in [6.07, 6.45) is -2.03. The van der Waals surface area contributed by atoms with E-state index in [1.165, 1.54) is 6.20 Å². The van der Waals surface area contributed by atoms with E-state index in [9.17, 15) is 18.0 Å². The number of nitrogens with one attached hydrogen (secondary N) is 1. The SMILES string of the molecule is O=C(c1cnn2c1NC(c1ccccc1)CC2C(F)(F)F)N1CCCC1c1cc(Cl)cc(Cl)c1. The maximum absolute atomic E-state index is 14.0. The summed E-state index contributed by atoms with van der Waals surface area (Å²) in [5.74, 6) is -0.288. The lowest BCUT2D eigenvalue weighted by molar-refractivity contribution is -0.173. The van der Waals surface area contributed by atoms with Gasteiger partial charge in [-0.1, -0.05) is 53.5 Å². The van der Waals surface area contributed by atoms with Gasteiger partial charge in [-0.25, -0.2) is 4.68 Å². The Kier molecular flexibility index (Phi) is 5.98. The standard InChI is InChI=1S/C24H21Cl2F3N4O/c25-16-9-15(10-17(26)11-16)20-7-4-8-32(20)23(34)18-13-30-33-21(24(27,28)29)12-19(31-22(18)33)14-5-2-1-3-6-14/h1-3,5-6,9-11,13,19-21,31H,4,7-8,12H2. The van der Waals surface area contributed by atoms with Crippen LogP contribution in [-0.4, -0.2) is 33.3 Å². The van der Waals surface area contributed by atoms with Gasteiger partial charge >= 0.3 is 6.18 Å². The van der Waals surface area contributed by atoms with Crippen molar-refractivity contribution in [2.45, 2.75) is 43.6 Å². The van der Waals surface area contributed by atoms with Crippen LogP contribution in [0.1, 0.15) is 58.9 Å². The zero-order valence-corrected chi connectivity index (χ0v) is 19.4. The summed E-state index contributed by atoms with van der Waals surface area (Å²) in [6.45, 7) is 0.475. The second kappa shape index (κ2) is 8.82. The van der Waals surface area contributed by atoms with Crippen LogP contribution < -0.4 is 5.32 Å². The summed E-state index contributed by atoms with van der Waals surface area (Å²) in [5, 5.41) is 8.07. The predicted octanol–water partition coefficient (Wildman–Crippen LogP) is 6.83. The smallest absolute Gasteiger partial charge is 0.363 e. The summed E-state index contributed by atoms with van der Waals surface area (Å²) < 4.78 is 42.8. The van der Waals surface area contributed by atoms with Crippen LogP contribution in [0.25, 0.3) is 0 Å². The van der Waals surface area contributed by atoms with Gasteiger partial charge in [0.25, 0.3) is 5.91 Å². The van der Waals surface area contributed by atoms with Crippen molar-refractivity contribution in [3.63, 3.8) is 0 Å². The number of carbonyl (C=O) groups is 1. The number of hydrogen-bond donors (Lipinski definition) is 1. The first kappa shape index (κ1) is 23.1. The van der Waals surface area contributed by atoms with E-state index in [0.717, 1.165) is 22.2 Å². The Morgan fingerprint density at radius 3 is 2.44 bits per heavy atom. The number of rotatable bonds is 3. The normalized spacial score (nSPS) is 22.4. The molecule has 3 atom stereocenters. The number of carbonyl (C=O) groups excluding carboxylic acids is 1. The van der Waals surface area contributed by atoms with Crippen molar-refractivity contribution in [3.05, 3.63) is 81.5 Å². The molecule has 0 bridgehead atoms. The Bertz CT molecular complexity index is 1190. The van der Waals surface area contributed by atoms with Crippen LogP contribution >= 0.6 is 23.2 Å². The number of benzene rings is 2. The Morgan fingerprint density at radius 1 is 1.06 bits per heavy atom. The molecule has 0 radical (unpaired) electrons. The highest BCUT2D eigenvalue weighted by molar-refractivity contribution is 6.34. The average molecular weight is 509 g/mol. The topological polar surface area (TPSA) is 50.2 Å². The molecule has 3 unspecified atom stereocenters. The van der Waals surface area contributed by atoms with Crippen LogP contribution in [-0.2, 0) is 0 Å². The summed E-state index contributed by atoms with van der Waals surface area (Å²) in [5.41, 5.74) is 1.64. The Labute approximate surface area is 204 Å². The van der Waals surface area contributed by atoms with Gasteiger partial charge < -0.3 is 10.2 Å². The maximum Gasteiger partial charge on any atom is 0.410 e. The number of halogens is 5. The summed E-state index contributed by atoms with van der Waals surface area (Å²) >= 11 is 12.3. The number of nitrogens with zero attached hydrogens (tertiary/aromatic N) is 3. The molecule has 3 heterocycles. The van der Waals surface area contributed by atoms with E-state index >= 15 is 0 Å². The second-order valence-electron chi connectivity index (χ2n) is 8.61. The molecule has 1 N–H and O–H groups in total. The molecule has 1 aromatic heterocycles. The van der Waals surface area contributed by atoms with Crippen molar-refractivity contribution in [1.82, 2.24) is 14.7 Å². The van der Waals surface area contributed by atoms with Gasteiger partial charge in [-0.15, -0.1) is 0 Å². The first-order chi connectivity index (χ1) is 16.2. The van der Waals surface area contributed by atoms with Crippen molar-refractivity contribution in [2.24, 2.45) is 0 Å². The molecule has 0 aliphatic carbocycles. The number of hydrogen-bond acceptors (Lipinski definition) is 3. The number of alkyl halides is 3. The van der Waals surface area contributed by atoms with Gasteiger partial charge in [0, 0.05) is 23.0 Å². The molecule has 5 nitrogen and oxygen atoms in total. The zero-order valence-electron chi connectivity index (χ0n) is 17.9. The van der Waals surface area contributed by atoms with E-state index in [4.69, 9.17) is 23.2 Å². The van der Waals surface area contributed by atoms with Crippen LogP contribution in [0.4, 0.5) is 19.0 Å². The molecule has 178 valence electrons. The fourth-order valence-corrected chi connectivity index (χ4v) is 5.44. The number of amides is 1. The van der Waals surface area contributed by atoms with Crippen molar-refractivity contribution in [1.29, 1.82) is 0 Å². The summed E-state index contributed by atoms with van der Waals surface area (Å²) in [4.78, 5) is 15.3. The molecule has 34 heavy (non-hydrogen) atoms. The second-order valence-corrected chi connectivity index (χ2v) is 9.48. The average Bonchev–Trinajstić information content (AvgIpc) is 3.45. The molecular weight excluding hydrogens is 488 g/mol. The molecule has 2 aromatic carbocycles. The molecule has 2 aliphatic rings. The van der Waals surface area contributed by atoms with E-state index in [-0.39, 0.29) is 29.8 Å². The highest BCUT2D eigenvalue weighted by atomic mass is 35.5.